The smallest absolute Gasteiger partial charge is 0.256 e. The molecule has 2 aromatic rings. The number of rotatable bonds is 4. The number of nitrogens with two attached hydrogens (primary N) is 1. The third-order valence-electron chi connectivity index (χ3n) is 2.84. The van der Waals surface area contributed by atoms with Crippen LogP contribution in [0.1, 0.15) is 23.0 Å². The van der Waals surface area contributed by atoms with E-state index in [9.17, 15) is 9.18 Å². The molecule has 1 heterocycles. The summed E-state index contributed by atoms with van der Waals surface area (Å²) in [6.45, 7) is 2.73. The van der Waals surface area contributed by atoms with Gasteiger partial charge >= 0.3 is 0 Å². The van der Waals surface area contributed by atoms with E-state index in [0.717, 1.165) is 6.07 Å². The number of carbonyl (C=O) groups excluding carboxylic acids is 1. The number of nitrogens with zero attached hydrogens (tertiary/aromatic N) is 1. The van der Waals surface area contributed by atoms with Gasteiger partial charge in [-0.3, -0.25) is 4.79 Å². The van der Waals surface area contributed by atoms with Crippen molar-refractivity contribution in [3.8, 4) is 0 Å². The second-order valence-electron chi connectivity index (χ2n) is 4.13. The lowest BCUT2D eigenvalue weighted by molar-refractivity contribution is 0.0742. The molecule has 0 saturated carbocycles. The molecule has 19 heavy (non-hydrogen) atoms. The fourth-order valence-corrected chi connectivity index (χ4v) is 1.82. The van der Waals surface area contributed by atoms with Crippen LogP contribution < -0.4 is 5.73 Å². The Morgan fingerprint density at radius 3 is 2.79 bits per heavy atom. The molecule has 1 amide bonds. The Labute approximate surface area is 110 Å². The summed E-state index contributed by atoms with van der Waals surface area (Å²) in [6.07, 6.45) is 1.56. The van der Waals surface area contributed by atoms with E-state index in [4.69, 9.17) is 10.2 Å². The number of benzene rings is 1. The van der Waals surface area contributed by atoms with E-state index in [1.165, 1.54) is 12.1 Å². The maximum absolute atomic E-state index is 13.0. The minimum absolute atomic E-state index is 0.142. The number of amides is 1. The highest BCUT2D eigenvalue weighted by molar-refractivity contribution is 5.99. The van der Waals surface area contributed by atoms with Gasteiger partial charge in [-0.15, -0.1) is 0 Å². The van der Waals surface area contributed by atoms with Crippen molar-refractivity contribution in [1.29, 1.82) is 0 Å². The third-order valence-corrected chi connectivity index (χ3v) is 2.84. The summed E-state index contributed by atoms with van der Waals surface area (Å²) in [5.74, 6) is -0.00424. The fourth-order valence-electron chi connectivity index (χ4n) is 1.82. The van der Waals surface area contributed by atoms with Crippen LogP contribution in [0, 0.1) is 5.82 Å². The number of halogens is 1. The van der Waals surface area contributed by atoms with Gasteiger partial charge in [0.2, 0.25) is 0 Å². The summed E-state index contributed by atoms with van der Waals surface area (Å²) in [5, 5.41) is 0. The maximum atomic E-state index is 13.0. The van der Waals surface area contributed by atoms with Gasteiger partial charge in [-0.2, -0.15) is 0 Å². The van der Waals surface area contributed by atoms with Crippen LogP contribution >= 0.6 is 0 Å². The molecule has 0 radical (unpaired) electrons. The van der Waals surface area contributed by atoms with E-state index >= 15 is 0 Å². The minimum Gasteiger partial charge on any atom is -0.467 e. The molecule has 5 heteroatoms. The van der Waals surface area contributed by atoms with Crippen LogP contribution in [0.5, 0.6) is 0 Å². The van der Waals surface area contributed by atoms with Crippen LogP contribution in [-0.2, 0) is 6.54 Å². The van der Waals surface area contributed by atoms with Gasteiger partial charge in [-0.1, -0.05) is 0 Å². The number of anilines is 1. The highest BCUT2D eigenvalue weighted by Gasteiger charge is 2.18. The minimum atomic E-state index is -0.455. The van der Waals surface area contributed by atoms with E-state index < -0.39 is 5.82 Å². The van der Waals surface area contributed by atoms with Gasteiger partial charge in [-0.05, 0) is 37.3 Å². The molecule has 0 aliphatic rings. The first-order valence-electron chi connectivity index (χ1n) is 5.98. The van der Waals surface area contributed by atoms with E-state index in [1.807, 2.05) is 6.92 Å². The van der Waals surface area contributed by atoms with E-state index in [2.05, 4.69) is 0 Å². The zero-order valence-corrected chi connectivity index (χ0v) is 10.6. The maximum Gasteiger partial charge on any atom is 0.256 e. The Balaban J connectivity index is 2.20. The first-order chi connectivity index (χ1) is 9.11. The molecule has 0 unspecified atom stereocenters. The van der Waals surface area contributed by atoms with Crippen molar-refractivity contribution in [1.82, 2.24) is 4.90 Å². The Hall–Kier alpha value is -2.30. The molecule has 100 valence electrons. The number of hydrogen-bond acceptors (Lipinski definition) is 3. The number of hydrogen-bond donors (Lipinski definition) is 1. The zero-order valence-electron chi connectivity index (χ0n) is 10.6. The molecule has 0 saturated heterocycles. The number of furan rings is 1. The van der Waals surface area contributed by atoms with Crippen LogP contribution in [0.3, 0.4) is 0 Å². The van der Waals surface area contributed by atoms with Gasteiger partial charge in [0.25, 0.3) is 5.91 Å². The second kappa shape index (κ2) is 5.56. The summed E-state index contributed by atoms with van der Waals surface area (Å²) in [6, 6.07) is 7.33. The molecule has 0 fully saturated rings. The van der Waals surface area contributed by atoms with Crippen molar-refractivity contribution in [3.63, 3.8) is 0 Å². The lowest BCUT2D eigenvalue weighted by Crippen LogP contribution is -2.30. The van der Waals surface area contributed by atoms with Gasteiger partial charge in [0.15, 0.2) is 0 Å². The van der Waals surface area contributed by atoms with Gasteiger partial charge in [0.1, 0.15) is 11.6 Å². The summed E-state index contributed by atoms with van der Waals surface area (Å²) < 4.78 is 18.2. The average molecular weight is 262 g/mol. The molecule has 1 aromatic carbocycles. The molecular weight excluding hydrogens is 247 g/mol. The summed E-state index contributed by atoms with van der Waals surface area (Å²) in [5.41, 5.74) is 6.12. The van der Waals surface area contributed by atoms with Crippen molar-refractivity contribution in [2.24, 2.45) is 0 Å². The van der Waals surface area contributed by atoms with Crippen molar-refractivity contribution in [2.75, 3.05) is 12.3 Å². The van der Waals surface area contributed by atoms with Gasteiger partial charge in [0, 0.05) is 12.2 Å². The van der Waals surface area contributed by atoms with Crippen LogP contribution in [0.25, 0.3) is 0 Å². The topological polar surface area (TPSA) is 59.5 Å². The molecule has 0 aliphatic carbocycles. The quantitative estimate of drug-likeness (QED) is 0.862. The SMILES string of the molecule is CCN(Cc1ccco1)C(=O)c1ccc(F)cc1N. The third kappa shape index (κ3) is 2.93. The van der Waals surface area contributed by atoms with Crippen LogP contribution in [0.15, 0.2) is 41.0 Å². The van der Waals surface area contributed by atoms with E-state index in [1.54, 1.807) is 23.3 Å². The summed E-state index contributed by atoms with van der Waals surface area (Å²) >= 11 is 0. The lowest BCUT2D eigenvalue weighted by atomic mass is 10.1. The summed E-state index contributed by atoms with van der Waals surface area (Å²) in [4.78, 5) is 13.9. The van der Waals surface area contributed by atoms with Crippen molar-refractivity contribution >= 4 is 11.6 Å². The van der Waals surface area contributed by atoms with Gasteiger partial charge < -0.3 is 15.1 Å². The molecule has 2 N–H and O–H groups in total. The predicted octanol–water partition coefficient (Wildman–Crippen LogP) is 2.66. The highest BCUT2D eigenvalue weighted by Crippen LogP contribution is 2.17. The van der Waals surface area contributed by atoms with Crippen molar-refractivity contribution in [3.05, 3.63) is 53.7 Å². The lowest BCUT2D eigenvalue weighted by Gasteiger charge is -2.20. The standard InChI is InChI=1S/C14H15FN2O2/c1-2-17(9-11-4-3-7-19-11)14(18)12-6-5-10(15)8-13(12)16/h3-8H,2,9,16H2,1H3. The summed E-state index contributed by atoms with van der Waals surface area (Å²) in [7, 11) is 0. The highest BCUT2D eigenvalue weighted by atomic mass is 19.1. The Bertz CT molecular complexity index is 567. The zero-order chi connectivity index (χ0) is 13.8. The average Bonchev–Trinajstić information content (AvgIpc) is 2.88. The largest absolute Gasteiger partial charge is 0.467 e. The molecular formula is C14H15FN2O2. The monoisotopic (exact) mass is 262 g/mol. The fraction of sp³-hybridized carbons (Fsp3) is 0.214. The molecule has 0 spiro atoms. The van der Waals surface area contributed by atoms with E-state index in [0.29, 0.717) is 24.4 Å². The number of carbonyl (C=O) groups is 1. The van der Waals surface area contributed by atoms with E-state index in [-0.39, 0.29) is 11.6 Å². The van der Waals surface area contributed by atoms with Crippen molar-refractivity contribution < 1.29 is 13.6 Å². The Morgan fingerprint density at radius 2 is 2.21 bits per heavy atom. The molecule has 0 aliphatic heterocycles. The second-order valence-corrected chi connectivity index (χ2v) is 4.13. The van der Waals surface area contributed by atoms with Gasteiger partial charge in [-0.25, -0.2) is 4.39 Å². The van der Waals surface area contributed by atoms with Gasteiger partial charge in [0.05, 0.1) is 18.4 Å². The molecule has 2 rings (SSSR count). The first-order valence-corrected chi connectivity index (χ1v) is 5.98. The first kappa shape index (κ1) is 13.1. The van der Waals surface area contributed by atoms with Crippen molar-refractivity contribution in [2.45, 2.75) is 13.5 Å². The normalized spacial score (nSPS) is 10.4. The van der Waals surface area contributed by atoms with Crippen LogP contribution in [-0.4, -0.2) is 17.4 Å². The van der Waals surface area contributed by atoms with Crippen LogP contribution in [0.2, 0.25) is 0 Å². The number of nitrogen functional groups attached to an aromatic ring is 1. The molecule has 4 nitrogen and oxygen atoms in total. The molecule has 0 atom stereocenters. The van der Waals surface area contributed by atoms with Crippen LogP contribution in [0.4, 0.5) is 10.1 Å². The molecule has 0 bridgehead atoms. The molecule has 1 aromatic heterocycles. The predicted molar refractivity (Wildman–Crippen MR) is 69.9 cm³/mol. The Morgan fingerprint density at radius 1 is 1.42 bits per heavy atom. The Kier molecular flexibility index (Phi) is 3.85.